The van der Waals surface area contributed by atoms with E-state index in [9.17, 15) is 18.4 Å². The highest BCUT2D eigenvalue weighted by Crippen LogP contribution is 2.12. The molecule has 1 amide bonds. The first kappa shape index (κ1) is 16.1. The molecule has 4 nitrogen and oxygen atoms in total. The molecule has 0 bridgehead atoms. The van der Waals surface area contributed by atoms with Gasteiger partial charge in [0.25, 0.3) is 5.91 Å². The Labute approximate surface area is 116 Å². The van der Waals surface area contributed by atoms with Gasteiger partial charge in [-0.15, -0.1) is 0 Å². The summed E-state index contributed by atoms with van der Waals surface area (Å²) in [6.07, 6.45) is -1.08. The van der Waals surface area contributed by atoms with Crippen LogP contribution >= 0.6 is 0 Å². The van der Waals surface area contributed by atoms with Crippen LogP contribution in [0.4, 0.5) is 8.78 Å². The lowest BCUT2D eigenvalue weighted by Crippen LogP contribution is -2.46. The van der Waals surface area contributed by atoms with Crippen molar-refractivity contribution >= 4 is 11.9 Å². The normalized spacial score (nSPS) is 12.7. The van der Waals surface area contributed by atoms with Crippen LogP contribution in [0.3, 0.4) is 0 Å². The Balaban J connectivity index is 2.73. The monoisotopic (exact) mass is 285 g/mol. The highest BCUT2D eigenvalue weighted by Gasteiger charge is 2.24. The van der Waals surface area contributed by atoms with Crippen LogP contribution in [0.15, 0.2) is 18.2 Å². The first-order valence-corrected chi connectivity index (χ1v) is 6.08. The largest absolute Gasteiger partial charge is 0.449 e. The Morgan fingerprint density at radius 1 is 1.25 bits per heavy atom. The molecular weight excluding hydrogens is 268 g/mol. The minimum absolute atomic E-state index is 0.415. The van der Waals surface area contributed by atoms with Crippen molar-refractivity contribution in [2.75, 3.05) is 0 Å². The summed E-state index contributed by atoms with van der Waals surface area (Å²) < 4.78 is 31.0. The van der Waals surface area contributed by atoms with E-state index < -0.39 is 40.7 Å². The third-order valence-electron chi connectivity index (χ3n) is 2.30. The van der Waals surface area contributed by atoms with Gasteiger partial charge in [-0.3, -0.25) is 4.79 Å². The molecule has 1 unspecified atom stereocenters. The summed E-state index contributed by atoms with van der Waals surface area (Å²) in [5.74, 6) is -3.33. The number of esters is 1. The fourth-order valence-electron chi connectivity index (χ4n) is 1.40. The van der Waals surface area contributed by atoms with Gasteiger partial charge in [-0.05, 0) is 39.8 Å². The van der Waals surface area contributed by atoms with Crippen LogP contribution < -0.4 is 5.32 Å². The van der Waals surface area contributed by atoms with Gasteiger partial charge in [-0.2, -0.15) is 0 Å². The lowest BCUT2D eigenvalue weighted by atomic mass is 10.1. The number of rotatable bonds is 3. The second-order valence-electron chi connectivity index (χ2n) is 5.41. The van der Waals surface area contributed by atoms with Crippen molar-refractivity contribution in [3.8, 4) is 0 Å². The van der Waals surface area contributed by atoms with E-state index in [1.165, 1.54) is 6.92 Å². The van der Waals surface area contributed by atoms with Gasteiger partial charge in [-0.1, -0.05) is 0 Å². The number of hydrogen-bond donors (Lipinski definition) is 1. The van der Waals surface area contributed by atoms with Crippen molar-refractivity contribution in [1.29, 1.82) is 0 Å². The van der Waals surface area contributed by atoms with E-state index >= 15 is 0 Å². The SMILES string of the molecule is CC(OC(=O)c1ccc(F)cc1F)C(=O)NC(C)(C)C. The van der Waals surface area contributed by atoms with Crippen molar-refractivity contribution in [2.24, 2.45) is 0 Å². The van der Waals surface area contributed by atoms with E-state index in [0.717, 1.165) is 12.1 Å². The number of hydrogen-bond acceptors (Lipinski definition) is 3. The zero-order valence-electron chi connectivity index (χ0n) is 11.8. The molecule has 0 aromatic heterocycles. The average Bonchev–Trinajstić information content (AvgIpc) is 2.26. The van der Waals surface area contributed by atoms with Gasteiger partial charge in [0.1, 0.15) is 11.6 Å². The summed E-state index contributed by atoms with van der Waals surface area (Å²) in [5.41, 5.74) is -0.888. The second kappa shape index (κ2) is 5.98. The van der Waals surface area contributed by atoms with Crippen LogP contribution in [0.1, 0.15) is 38.1 Å². The fourth-order valence-corrected chi connectivity index (χ4v) is 1.40. The van der Waals surface area contributed by atoms with E-state index in [1.54, 1.807) is 20.8 Å². The molecule has 1 aromatic carbocycles. The summed E-state index contributed by atoms with van der Waals surface area (Å²) >= 11 is 0. The highest BCUT2D eigenvalue weighted by molar-refractivity contribution is 5.92. The van der Waals surface area contributed by atoms with E-state index in [0.29, 0.717) is 6.07 Å². The van der Waals surface area contributed by atoms with Gasteiger partial charge in [-0.25, -0.2) is 13.6 Å². The molecule has 0 aliphatic rings. The molecule has 6 heteroatoms. The van der Waals surface area contributed by atoms with Crippen molar-refractivity contribution in [2.45, 2.75) is 39.3 Å². The maximum atomic E-state index is 13.4. The summed E-state index contributed by atoms with van der Waals surface area (Å²) in [4.78, 5) is 23.4. The molecule has 1 N–H and O–H groups in total. The number of carbonyl (C=O) groups is 2. The first-order valence-electron chi connectivity index (χ1n) is 6.08. The Kier molecular flexibility index (Phi) is 4.81. The molecular formula is C14H17F2NO3. The quantitative estimate of drug-likeness (QED) is 0.868. The van der Waals surface area contributed by atoms with E-state index in [4.69, 9.17) is 4.74 Å². The predicted molar refractivity (Wildman–Crippen MR) is 69.1 cm³/mol. The minimum Gasteiger partial charge on any atom is -0.449 e. The summed E-state index contributed by atoms with van der Waals surface area (Å²) in [7, 11) is 0. The number of carbonyl (C=O) groups excluding carboxylic acids is 2. The molecule has 1 atom stereocenters. The van der Waals surface area contributed by atoms with Gasteiger partial charge in [0.15, 0.2) is 6.10 Å². The van der Waals surface area contributed by atoms with Crippen molar-refractivity contribution < 1.29 is 23.1 Å². The molecule has 0 saturated heterocycles. The Morgan fingerprint density at radius 2 is 1.85 bits per heavy atom. The predicted octanol–water partition coefficient (Wildman–Crippen LogP) is 2.42. The topological polar surface area (TPSA) is 55.4 Å². The Hall–Kier alpha value is -1.98. The van der Waals surface area contributed by atoms with Crippen LogP contribution in [0.25, 0.3) is 0 Å². The number of halogens is 2. The molecule has 0 radical (unpaired) electrons. The smallest absolute Gasteiger partial charge is 0.341 e. The average molecular weight is 285 g/mol. The highest BCUT2D eigenvalue weighted by atomic mass is 19.1. The lowest BCUT2D eigenvalue weighted by molar-refractivity contribution is -0.130. The standard InChI is InChI=1S/C14H17F2NO3/c1-8(12(18)17-14(2,3)4)20-13(19)10-6-5-9(15)7-11(10)16/h5-8H,1-4H3,(H,17,18). The third-order valence-corrected chi connectivity index (χ3v) is 2.30. The molecule has 1 aromatic rings. The van der Waals surface area contributed by atoms with E-state index in [2.05, 4.69) is 5.32 Å². The van der Waals surface area contributed by atoms with Crippen LogP contribution in [-0.2, 0) is 9.53 Å². The first-order chi connectivity index (χ1) is 9.10. The van der Waals surface area contributed by atoms with Gasteiger partial charge < -0.3 is 10.1 Å². The van der Waals surface area contributed by atoms with E-state index in [1.807, 2.05) is 0 Å². The van der Waals surface area contributed by atoms with Gasteiger partial charge in [0.2, 0.25) is 0 Å². The van der Waals surface area contributed by atoms with E-state index in [-0.39, 0.29) is 0 Å². The number of amides is 1. The lowest BCUT2D eigenvalue weighted by Gasteiger charge is -2.23. The summed E-state index contributed by atoms with van der Waals surface area (Å²) in [6, 6.07) is 2.50. The van der Waals surface area contributed by atoms with Crippen LogP contribution in [0.2, 0.25) is 0 Å². The number of ether oxygens (including phenoxy) is 1. The molecule has 0 aliphatic heterocycles. The minimum atomic E-state index is -1.08. The maximum absolute atomic E-state index is 13.4. The summed E-state index contributed by atoms with van der Waals surface area (Å²) in [6.45, 7) is 6.71. The third kappa shape index (κ3) is 4.60. The van der Waals surface area contributed by atoms with Gasteiger partial charge in [0.05, 0.1) is 5.56 Å². The van der Waals surface area contributed by atoms with Crippen molar-refractivity contribution in [3.63, 3.8) is 0 Å². The van der Waals surface area contributed by atoms with Gasteiger partial charge in [0, 0.05) is 11.6 Å². The molecule has 110 valence electrons. The maximum Gasteiger partial charge on any atom is 0.341 e. The fraction of sp³-hybridized carbons (Fsp3) is 0.429. The Bertz CT molecular complexity index is 524. The molecule has 0 heterocycles. The second-order valence-corrected chi connectivity index (χ2v) is 5.41. The number of benzene rings is 1. The molecule has 20 heavy (non-hydrogen) atoms. The molecule has 0 saturated carbocycles. The van der Waals surface area contributed by atoms with Crippen LogP contribution in [0.5, 0.6) is 0 Å². The Morgan fingerprint density at radius 3 is 2.35 bits per heavy atom. The zero-order chi connectivity index (χ0) is 15.5. The van der Waals surface area contributed by atoms with Crippen LogP contribution in [0, 0.1) is 11.6 Å². The van der Waals surface area contributed by atoms with Crippen molar-refractivity contribution in [3.05, 3.63) is 35.4 Å². The summed E-state index contributed by atoms with van der Waals surface area (Å²) in [5, 5.41) is 2.63. The molecule has 0 fully saturated rings. The molecule has 0 spiro atoms. The van der Waals surface area contributed by atoms with Crippen LogP contribution in [-0.4, -0.2) is 23.5 Å². The zero-order valence-corrected chi connectivity index (χ0v) is 11.8. The molecule has 1 rings (SSSR count). The number of nitrogens with one attached hydrogen (secondary N) is 1. The van der Waals surface area contributed by atoms with Gasteiger partial charge >= 0.3 is 5.97 Å². The molecule has 0 aliphatic carbocycles. The van der Waals surface area contributed by atoms with Crippen molar-refractivity contribution in [1.82, 2.24) is 5.32 Å².